The van der Waals surface area contributed by atoms with Crippen LogP contribution in [-0.4, -0.2) is 48.1 Å². The summed E-state index contributed by atoms with van der Waals surface area (Å²) in [6.07, 6.45) is -0.560. The number of nitrogens with two attached hydrogens (primary N) is 1. The van der Waals surface area contributed by atoms with Gasteiger partial charge in [0.1, 0.15) is 16.3 Å². The SMILES string of the molecule is COc1cc(Nc2nc(N)c(-c3nc(-c4cc(NC(=O)OC(C)(C)C)ccc4C)no3)s2)cc(OC)c1OC. The van der Waals surface area contributed by atoms with Gasteiger partial charge in [-0.15, -0.1) is 0 Å². The maximum absolute atomic E-state index is 12.2. The number of nitrogens with one attached hydrogen (secondary N) is 2. The molecule has 0 atom stereocenters. The van der Waals surface area contributed by atoms with Gasteiger partial charge in [-0.2, -0.15) is 4.98 Å². The fraction of sp³-hybridized carbons (Fsp3) is 0.308. The van der Waals surface area contributed by atoms with E-state index in [2.05, 4.69) is 25.8 Å². The topological polar surface area (TPSA) is 156 Å². The van der Waals surface area contributed by atoms with Gasteiger partial charge in [0.2, 0.25) is 11.6 Å². The molecule has 4 aromatic rings. The molecule has 2 aromatic heterocycles. The lowest BCUT2D eigenvalue weighted by molar-refractivity contribution is 0.0636. The summed E-state index contributed by atoms with van der Waals surface area (Å²) in [4.78, 5) is 21.6. The number of rotatable bonds is 8. The van der Waals surface area contributed by atoms with E-state index in [1.807, 2.05) is 13.0 Å². The molecule has 0 unspecified atom stereocenters. The molecule has 0 saturated heterocycles. The molecule has 4 N–H and O–H groups in total. The molecule has 4 rings (SSSR count). The fourth-order valence-corrected chi connectivity index (χ4v) is 4.43. The molecule has 0 saturated carbocycles. The minimum atomic E-state index is -0.617. The maximum atomic E-state index is 12.2. The number of aromatic nitrogens is 3. The monoisotopic (exact) mass is 554 g/mol. The van der Waals surface area contributed by atoms with E-state index in [4.69, 9.17) is 29.2 Å². The van der Waals surface area contributed by atoms with E-state index < -0.39 is 11.7 Å². The molecule has 0 aliphatic carbocycles. The van der Waals surface area contributed by atoms with Gasteiger partial charge in [0, 0.05) is 29.1 Å². The van der Waals surface area contributed by atoms with Crippen LogP contribution in [0.1, 0.15) is 26.3 Å². The first-order chi connectivity index (χ1) is 18.5. The number of hydrogen-bond donors (Lipinski definition) is 3. The molecule has 13 heteroatoms. The number of benzene rings is 2. The molecular weight excluding hydrogens is 524 g/mol. The van der Waals surface area contributed by atoms with Gasteiger partial charge in [-0.1, -0.05) is 22.6 Å². The van der Waals surface area contributed by atoms with Crippen molar-refractivity contribution in [3.05, 3.63) is 35.9 Å². The number of carbonyl (C=O) groups is 1. The number of aryl methyl sites for hydroxylation is 1. The van der Waals surface area contributed by atoms with E-state index in [1.165, 1.54) is 18.4 Å². The molecular formula is C26H30N6O6S. The molecule has 0 spiro atoms. The molecule has 39 heavy (non-hydrogen) atoms. The summed E-state index contributed by atoms with van der Waals surface area (Å²) >= 11 is 1.24. The highest BCUT2D eigenvalue weighted by Crippen LogP contribution is 2.42. The van der Waals surface area contributed by atoms with E-state index in [0.717, 1.165) is 5.56 Å². The van der Waals surface area contributed by atoms with Crippen molar-refractivity contribution in [1.82, 2.24) is 15.1 Å². The first kappa shape index (κ1) is 27.5. The quantitative estimate of drug-likeness (QED) is 0.239. The van der Waals surface area contributed by atoms with Crippen molar-refractivity contribution in [2.45, 2.75) is 33.3 Å². The number of ether oxygens (including phenoxy) is 4. The van der Waals surface area contributed by atoms with Gasteiger partial charge in [0.05, 0.1) is 21.3 Å². The van der Waals surface area contributed by atoms with Crippen molar-refractivity contribution in [3.63, 3.8) is 0 Å². The van der Waals surface area contributed by atoms with Gasteiger partial charge in [0.15, 0.2) is 16.6 Å². The van der Waals surface area contributed by atoms with E-state index in [1.54, 1.807) is 59.3 Å². The fourth-order valence-electron chi connectivity index (χ4n) is 3.60. The summed E-state index contributed by atoms with van der Waals surface area (Å²) in [7, 11) is 4.62. The Bertz CT molecular complexity index is 1470. The Labute approximate surface area is 229 Å². The Hall–Kier alpha value is -4.52. The minimum Gasteiger partial charge on any atom is -0.493 e. The third-order valence-electron chi connectivity index (χ3n) is 5.31. The predicted molar refractivity (Wildman–Crippen MR) is 149 cm³/mol. The molecule has 12 nitrogen and oxygen atoms in total. The smallest absolute Gasteiger partial charge is 0.412 e. The molecule has 2 aromatic carbocycles. The van der Waals surface area contributed by atoms with Crippen LogP contribution in [0.2, 0.25) is 0 Å². The largest absolute Gasteiger partial charge is 0.493 e. The molecule has 0 fully saturated rings. The lowest BCUT2D eigenvalue weighted by Crippen LogP contribution is -2.27. The van der Waals surface area contributed by atoms with Crippen LogP contribution in [0.3, 0.4) is 0 Å². The van der Waals surface area contributed by atoms with E-state index in [0.29, 0.717) is 50.0 Å². The van der Waals surface area contributed by atoms with E-state index in [-0.39, 0.29) is 11.7 Å². The van der Waals surface area contributed by atoms with Crippen molar-refractivity contribution >= 4 is 39.8 Å². The molecule has 206 valence electrons. The summed E-state index contributed by atoms with van der Waals surface area (Å²) in [5.41, 5.74) is 8.33. The zero-order chi connectivity index (χ0) is 28.3. The van der Waals surface area contributed by atoms with Crippen LogP contribution in [0.4, 0.5) is 27.1 Å². The first-order valence-electron chi connectivity index (χ1n) is 11.8. The molecule has 0 aliphatic heterocycles. The number of thiazole rings is 1. The summed E-state index contributed by atoms with van der Waals surface area (Å²) < 4.78 is 27.0. The second kappa shape index (κ2) is 11.1. The summed E-state index contributed by atoms with van der Waals surface area (Å²) in [6.45, 7) is 7.30. The molecule has 0 radical (unpaired) electrons. The molecule has 0 aliphatic rings. The van der Waals surface area contributed by atoms with Gasteiger partial charge in [-0.05, 0) is 45.4 Å². The highest BCUT2D eigenvalue weighted by atomic mass is 32.1. The molecule has 1 amide bonds. The number of amides is 1. The van der Waals surface area contributed by atoms with Crippen LogP contribution >= 0.6 is 11.3 Å². The third kappa shape index (κ3) is 6.32. The summed E-state index contributed by atoms with van der Waals surface area (Å²) in [6, 6.07) is 8.88. The average Bonchev–Trinajstić information content (AvgIpc) is 3.49. The molecule has 0 bridgehead atoms. The Morgan fingerprint density at radius 1 is 1.00 bits per heavy atom. The second-order valence-electron chi connectivity index (χ2n) is 9.35. The summed E-state index contributed by atoms with van der Waals surface area (Å²) in [5, 5.41) is 10.5. The maximum Gasteiger partial charge on any atom is 0.412 e. The van der Waals surface area contributed by atoms with Crippen LogP contribution in [0, 0.1) is 6.92 Å². The Kier molecular flexibility index (Phi) is 7.81. The Morgan fingerprint density at radius 3 is 2.31 bits per heavy atom. The van der Waals surface area contributed by atoms with Crippen LogP contribution in [-0.2, 0) is 4.74 Å². The zero-order valence-electron chi connectivity index (χ0n) is 22.7. The van der Waals surface area contributed by atoms with Crippen molar-refractivity contribution in [3.8, 4) is 39.4 Å². The lowest BCUT2D eigenvalue weighted by Gasteiger charge is -2.19. The van der Waals surface area contributed by atoms with Crippen molar-refractivity contribution in [2.75, 3.05) is 37.7 Å². The number of nitrogen functional groups attached to an aromatic ring is 1. The lowest BCUT2D eigenvalue weighted by atomic mass is 10.1. The van der Waals surface area contributed by atoms with Crippen LogP contribution in [0.15, 0.2) is 34.9 Å². The normalized spacial score (nSPS) is 11.2. The van der Waals surface area contributed by atoms with Gasteiger partial charge >= 0.3 is 6.09 Å². The number of nitrogens with zero attached hydrogens (tertiary/aromatic N) is 3. The number of anilines is 4. The van der Waals surface area contributed by atoms with Gasteiger partial charge < -0.3 is 34.5 Å². The average molecular weight is 555 g/mol. The Morgan fingerprint density at radius 2 is 1.69 bits per heavy atom. The predicted octanol–water partition coefficient (Wildman–Crippen LogP) is 5.87. The number of carbonyl (C=O) groups excluding carboxylic acids is 1. The first-order valence-corrected chi connectivity index (χ1v) is 12.6. The zero-order valence-corrected chi connectivity index (χ0v) is 23.5. The van der Waals surface area contributed by atoms with Crippen LogP contribution in [0.25, 0.3) is 22.2 Å². The number of methoxy groups -OCH3 is 3. The van der Waals surface area contributed by atoms with E-state index in [9.17, 15) is 4.79 Å². The van der Waals surface area contributed by atoms with Gasteiger partial charge in [0.25, 0.3) is 5.89 Å². The van der Waals surface area contributed by atoms with Crippen molar-refractivity contribution in [2.24, 2.45) is 0 Å². The standard InChI is InChI=1S/C26H30N6O6S/c1-13-8-9-14(29-25(33)37-26(2,3)4)10-16(13)22-31-23(38-32-22)20-21(27)30-24(39-20)28-15-11-17(34-5)19(36-7)18(12-15)35-6/h8-12H,27H2,1-7H3,(H,28,30)(H,29,33). The van der Waals surface area contributed by atoms with Crippen LogP contribution in [0.5, 0.6) is 17.2 Å². The van der Waals surface area contributed by atoms with Crippen molar-refractivity contribution in [1.29, 1.82) is 0 Å². The van der Waals surface area contributed by atoms with Gasteiger partial charge in [-0.25, -0.2) is 9.78 Å². The number of hydrogen-bond acceptors (Lipinski definition) is 12. The van der Waals surface area contributed by atoms with Crippen LogP contribution < -0.4 is 30.6 Å². The Balaban J connectivity index is 1.57. The van der Waals surface area contributed by atoms with Gasteiger partial charge in [-0.3, -0.25) is 5.32 Å². The second-order valence-corrected chi connectivity index (χ2v) is 10.4. The third-order valence-corrected chi connectivity index (χ3v) is 6.29. The summed E-state index contributed by atoms with van der Waals surface area (Å²) in [5.74, 6) is 2.23. The van der Waals surface area contributed by atoms with Crippen molar-refractivity contribution < 1.29 is 28.3 Å². The highest BCUT2D eigenvalue weighted by molar-refractivity contribution is 7.19. The van der Waals surface area contributed by atoms with E-state index >= 15 is 0 Å². The minimum absolute atomic E-state index is 0.211. The molecule has 2 heterocycles. The highest BCUT2D eigenvalue weighted by Gasteiger charge is 2.21.